The van der Waals surface area contributed by atoms with Crippen molar-refractivity contribution in [2.45, 2.75) is 328 Å². The highest BCUT2D eigenvalue weighted by Gasteiger charge is 2.18. The highest BCUT2D eigenvalue weighted by Crippen LogP contribution is 2.17. The number of aliphatic hydroxyl groups is 2. The Kier molecular flexibility index (Phi) is 53.7. The van der Waals surface area contributed by atoms with Crippen molar-refractivity contribution >= 4 is 5.91 Å². The average Bonchev–Trinajstić information content (AvgIpc) is 3.29. The zero-order chi connectivity index (χ0) is 45.6. The van der Waals surface area contributed by atoms with Crippen molar-refractivity contribution in [2.75, 3.05) is 6.61 Å². The molecule has 63 heavy (non-hydrogen) atoms. The zero-order valence-electron chi connectivity index (χ0n) is 42.9. The number of nitrogens with one attached hydrogen (secondary N) is 1. The van der Waals surface area contributed by atoms with Gasteiger partial charge in [-0.2, -0.15) is 0 Å². The molecule has 0 saturated heterocycles. The Labute approximate surface area is 395 Å². The van der Waals surface area contributed by atoms with Crippen LogP contribution in [0.15, 0.2) is 36.5 Å². The number of allylic oxidation sites excluding steroid dienone is 5. The molecule has 0 aliphatic carbocycles. The highest BCUT2D eigenvalue weighted by molar-refractivity contribution is 5.76. The summed E-state index contributed by atoms with van der Waals surface area (Å²) in [6, 6.07) is -0.617. The number of hydrogen-bond donors (Lipinski definition) is 3. The molecular formula is C59H113NO3. The maximum absolute atomic E-state index is 12.4. The van der Waals surface area contributed by atoms with E-state index in [9.17, 15) is 15.0 Å². The molecule has 0 bridgehead atoms. The van der Waals surface area contributed by atoms with Crippen LogP contribution in [0.4, 0.5) is 0 Å². The van der Waals surface area contributed by atoms with Crippen molar-refractivity contribution in [3.8, 4) is 0 Å². The lowest BCUT2D eigenvalue weighted by Gasteiger charge is -2.20. The van der Waals surface area contributed by atoms with Gasteiger partial charge < -0.3 is 15.5 Å². The zero-order valence-corrected chi connectivity index (χ0v) is 42.9. The van der Waals surface area contributed by atoms with E-state index in [0.717, 1.165) is 32.1 Å². The molecule has 0 aromatic heterocycles. The lowest BCUT2D eigenvalue weighted by Crippen LogP contribution is -2.45. The average molecular weight is 885 g/mol. The van der Waals surface area contributed by atoms with E-state index >= 15 is 0 Å². The molecule has 4 nitrogen and oxygen atoms in total. The molecule has 0 aliphatic heterocycles. The standard InChI is InChI=1S/C59H113NO3/c1-3-5-7-9-11-13-15-16-17-18-19-20-21-22-23-24-25-26-27-28-29-30-31-32-33-34-35-36-37-38-39-40-41-42-43-44-45-47-49-51-53-55-59(63)60-57(56-61)58(62)54-52-50-48-46-14-12-10-8-6-4-2/h15-16,18-19,52,54,57-58,61-62H,3-14,17,20-51,53,55-56H2,1-2H3,(H,60,63)/b16-15-,19-18-,54-52+. The van der Waals surface area contributed by atoms with Gasteiger partial charge in [-0.15, -0.1) is 0 Å². The second-order valence-electron chi connectivity index (χ2n) is 19.7. The molecule has 0 aromatic carbocycles. The fourth-order valence-electron chi connectivity index (χ4n) is 8.98. The van der Waals surface area contributed by atoms with Crippen LogP contribution >= 0.6 is 0 Å². The van der Waals surface area contributed by atoms with Gasteiger partial charge in [0.2, 0.25) is 5.91 Å². The first-order chi connectivity index (χ1) is 31.2. The fourth-order valence-corrected chi connectivity index (χ4v) is 8.98. The molecule has 3 N–H and O–H groups in total. The Bertz CT molecular complexity index is 958. The van der Waals surface area contributed by atoms with Crippen LogP contribution in [0.5, 0.6) is 0 Å². The van der Waals surface area contributed by atoms with Crippen LogP contribution in [0.2, 0.25) is 0 Å². The van der Waals surface area contributed by atoms with E-state index in [1.54, 1.807) is 6.08 Å². The first kappa shape index (κ1) is 61.6. The van der Waals surface area contributed by atoms with E-state index in [-0.39, 0.29) is 12.5 Å². The Hall–Kier alpha value is -1.39. The molecule has 0 radical (unpaired) electrons. The van der Waals surface area contributed by atoms with Gasteiger partial charge in [0.25, 0.3) is 0 Å². The van der Waals surface area contributed by atoms with Gasteiger partial charge >= 0.3 is 0 Å². The van der Waals surface area contributed by atoms with Crippen molar-refractivity contribution in [1.29, 1.82) is 0 Å². The molecule has 0 spiro atoms. The smallest absolute Gasteiger partial charge is 0.220 e. The second-order valence-corrected chi connectivity index (χ2v) is 19.7. The number of carbonyl (C=O) groups excluding carboxylic acids is 1. The molecule has 4 heteroatoms. The van der Waals surface area contributed by atoms with E-state index in [2.05, 4.69) is 43.5 Å². The molecule has 0 aliphatic rings. The summed E-state index contributed by atoms with van der Waals surface area (Å²) in [6.45, 7) is 4.29. The number of carbonyl (C=O) groups is 1. The summed E-state index contributed by atoms with van der Waals surface area (Å²) in [7, 11) is 0. The Morgan fingerprint density at radius 3 is 0.952 bits per heavy atom. The van der Waals surface area contributed by atoms with Crippen molar-refractivity contribution in [2.24, 2.45) is 0 Å². The summed E-state index contributed by atoms with van der Waals surface area (Å²) in [5.74, 6) is -0.0606. The third kappa shape index (κ3) is 51.5. The van der Waals surface area contributed by atoms with Crippen LogP contribution in [-0.4, -0.2) is 34.9 Å². The van der Waals surface area contributed by atoms with Gasteiger partial charge in [-0.1, -0.05) is 294 Å². The van der Waals surface area contributed by atoms with Crippen LogP contribution in [0.1, 0.15) is 316 Å². The molecule has 0 rings (SSSR count). The normalized spacial score (nSPS) is 13.0. The quantitative estimate of drug-likeness (QED) is 0.0421. The second kappa shape index (κ2) is 54.9. The van der Waals surface area contributed by atoms with Gasteiger partial charge in [0, 0.05) is 6.42 Å². The van der Waals surface area contributed by atoms with Crippen molar-refractivity contribution < 1.29 is 15.0 Å². The van der Waals surface area contributed by atoms with E-state index in [1.807, 2.05) is 6.08 Å². The van der Waals surface area contributed by atoms with Gasteiger partial charge in [-0.05, 0) is 51.4 Å². The van der Waals surface area contributed by atoms with Crippen LogP contribution in [0.3, 0.4) is 0 Å². The largest absolute Gasteiger partial charge is 0.394 e. The first-order valence-electron chi connectivity index (χ1n) is 28.7. The number of aliphatic hydroxyl groups excluding tert-OH is 2. The van der Waals surface area contributed by atoms with Crippen LogP contribution in [0.25, 0.3) is 0 Å². The SMILES string of the molecule is CCCCCCC/C=C\C/C=C\CCCCCCCCCCCCCCCCCCCCCCCCCCCCCCCC(=O)NC(CO)C(O)/C=C/CCCCCCCCCC. The summed E-state index contributed by atoms with van der Waals surface area (Å²) in [4.78, 5) is 12.4. The van der Waals surface area contributed by atoms with Gasteiger partial charge in [0.15, 0.2) is 0 Å². The lowest BCUT2D eigenvalue weighted by atomic mass is 10.0. The molecule has 0 fully saturated rings. The van der Waals surface area contributed by atoms with Crippen molar-refractivity contribution in [3.63, 3.8) is 0 Å². The molecule has 2 atom stereocenters. The topological polar surface area (TPSA) is 69.6 Å². The summed E-state index contributed by atoms with van der Waals surface area (Å²) in [6.07, 6.45) is 74.8. The molecule has 1 amide bonds. The summed E-state index contributed by atoms with van der Waals surface area (Å²) in [5.41, 5.74) is 0. The van der Waals surface area contributed by atoms with Gasteiger partial charge in [-0.3, -0.25) is 4.79 Å². The van der Waals surface area contributed by atoms with Gasteiger partial charge in [-0.25, -0.2) is 0 Å². The van der Waals surface area contributed by atoms with E-state index in [1.165, 1.54) is 263 Å². The van der Waals surface area contributed by atoms with Crippen molar-refractivity contribution in [1.82, 2.24) is 5.32 Å². The van der Waals surface area contributed by atoms with Crippen molar-refractivity contribution in [3.05, 3.63) is 36.5 Å². The first-order valence-corrected chi connectivity index (χ1v) is 28.7. The summed E-state index contributed by atoms with van der Waals surface area (Å²) < 4.78 is 0. The Morgan fingerprint density at radius 1 is 0.381 bits per heavy atom. The van der Waals surface area contributed by atoms with E-state index in [0.29, 0.717) is 6.42 Å². The maximum atomic E-state index is 12.4. The van der Waals surface area contributed by atoms with Gasteiger partial charge in [0.1, 0.15) is 0 Å². The minimum absolute atomic E-state index is 0.0606. The third-order valence-corrected chi connectivity index (χ3v) is 13.4. The highest BCUT2D eigenvalue weighted by atomic mass is 16.3. The molecular weight excluding hydrogens is 771 g/mol. The van der Waals surface area contributed by atoms with Crippen LogP contribution < -0.4 is 5.32 Å². The Morgan fingerprint density at radius 2 is 0.651 bits per heavy atom. The van der Waals surface area contributed by atoms with Crippen LogP contribution in [-0.2, 0) is 4.79 Å². The summed E-state index contributed by atoms with van der Waals surface area (Å²) >= 11 is 0. The fraction of sp³-hybridized carbons (Fsp3) is 0.881. The van der Waals surface area contributed by atoms with Gasteiger partial charge in [0.05, 0.1) is 18.8 Å². The number of rotatable bonds is 53. The predicted molar refractivity (Wildman–Crippen MR) is 281 cm³/mol. The minimum atomic E-state index is -0.834. The molecule has 372 valence electrons. The summed E-state index contributed by atoms with van der Waals surface area (Å²) in [5, 5.41) is 23.0. The maximum Gasteiger partial charge on any atom is 0.220 e. The molecule has 0 saturated carbocycles. The monoisotopic (exact) mass is 884 g/mol. The molecule has 0 aromatic rings. The lowest BCUT2D eigenvalue weighted by molar-refractivity contribution is -0.123. The molecule has 2 unspecified atom stereocenters. The number of hydrogen-bond acceptors (Lipinski definition) is 3. The minimum Gasteiger partial charge on any atom is -0.394 e. The van der Waals surface area contributed by atoms with E-state index < -0.39 is 12.1 Å². The van der Waals surface area contributed by atoms with Crippen LogP contribution in [0, 0.1) is 0 Å². The number of amides is 1. The number of unbranched alkanes of at least 4 members (excludes halogenated alkanes) is 42. The third-order valence-electron chi connectivity index (χ3n) is 13.4. The molecule has 0 heterocycles. The Balaban J connectivity index is 3.33. The predicted octanol–water partition coefficient (Wildman–Crippen LogP) is 18.9. The van der Waals surface area contributed by atoms with E-state index in [4.69, 9.17) is 0 Å².